The van der Waals surface area contributed by atoms with Crippen molar-refractivity contribution in [1.82, 2.24) is 9.66 Å². The van der Waals surface area contributed by atoms with E-state index < -0.39 is 11.2 Å². The summed E-state index contributed by atoms with van der Waals surface area (Å²) in [6, 6.07) is 18.5. The van der Waals surface area contributed by atoms with Gasteiger partial charge in [0, 0.05) is 5.56 Å². The van der Waals surface area contributed by atoms with Crippen LogP contribution in [0.3, 0.4) is 0 Å². The van der Waals surface area contributed by atoms with Crippen LogP contribution < -0.4 is 20.7 Å². The summed E-state index contributed by atoms with van der Waals surface area (Å²) >= 11 is 0. The van der Waals surface area contributed by atoms with E-state index in [4.69, 9.17) is 9.47 Å². The molecule has 0 saturated heterocycles. The Morgan fingerprint density at radius 3 is 2.68 bits per heavy atom. The first-order valence-electron chi connectivity index (χ1n) is 10.8. The van der Waals surface area contributed by atoms with Gasteiger partial charge in [0.25, 0.3) is 5.56 Å². The first-order chi connectivity index (χ1) is 16.5. The molecule has 1 N–H and O–H groups in total. The molecule has 34 heavy (non-hydrogen) atoms. The summed E-state index contributed by atoms with van der Waals surface area (Å²) in [6.07, 6.45) is 3.76. The fourth-order valence-electron chi connectivity index (χ4n) is 3.72. The Balaban J connectivity index is 1.69. The normalized spacial score (nSPS) is 11.1. The maximum absolute atomic E-state index is 12.7. The third kappa shape index (κ3) is 4.83. The first-order valence-corrected chi connectivity index (χ1v) is 10.8. The minimum absolute atomic E-state index is 0.379. The second-order valence-corrected chi connectivity index (χ2v) is 7.82. The van der Waals surface area contributed by atoms with Gasteiger partial charge < -0.3 is 14.5 Å². The minimum atomic E-state index is -0.615. The number of aromatic amines is 1. The van der Waals surface area contributed by atoms with Crippen LogP contribution in [0.15, 0.2) is 88.0 Å². The maximum Gasteiger partial charge on any atom is 0.349 e. The van der Waals surface area contributed by atoms with E-state index in [0.717, 1.165) is 21.4 Å². The molecule has 0 aliphatic heterocycles. The molecular formula is C27H25N3O4. The summed E-state index contributed by atoms with van der Waals surface area (Å²) in [5.74, 6) is 1.13. The molecule has 0 amide bonds. The number of benzene rings is 3. The zero-order valence-electron chi connectivity index (χ0n) is 19.1. The molecule has 0 spiro atoms. The molecule has 0 bridgehead atoms. The molecule has 172 valence electrons. The van der Waals surface area contributed by atoms with Crippen molar-refractivity contribution in [2.45, 2.75) is 20.0 Å². The summed E-state index contributed by atoms with van der Waals surface area (Å²) in [4.78, 5) is 27.8. The lowest BCUT2D eigenvalue weighted by Gasteiger charge is -2.16. The van der Waals surface area contributed by atoms with E-state index in [1.807, 2.05) is 31.2 Å². The highest BCUT2D eigenvalue weighted by Crippen LogP contribution is 2.34. The number of H-pyrrole nitrogens is 1. The first kappa shape index (κ1) is 22.8. The van der Waals surface area contributed by atoms with Gasteiger partial charge in [-0.15, -0.1) is 11.3 Å². The number of para-hydroxylation sites is 1. The van der Waals surface area contributed by atoms with E-state index in [2.05, 4.69) is 22.7 Å². The van der Waals surface area contributed by atoms with E-state index in [-0.39, 0.29) is 0 Å². The predicted molar refractivity (Wildman–Crippen MR) is 134 cm³/mol. The fraction of sp³-hybridized carbons (Fsp3) is 0.148. The van der Waals surface area contributed by atoms with Crippen LogP contribution in [0.2, 0.25) is 0 Å². The van der Waals surface area contributed by atoms with Crippen molar-refractivity contribution in [2.75, 3.05) is 7.11 Å². The van der Waals surface area contributed by atoms with Crippen molar-refractivity contribution in [1.29, 1.82) is 0 Å². The van der Waals surface area contributed by atoms with Crippen molar-refractivity contribution in [3.05, 3.63) is 116 Å². The number of aryl methyl sites for hydroxylation is 1. The highest BCUT2D eigenvalue weighted by atomic mass is 16.5. The van der Waals surface area contributed by atoms with Crippen molar-refractivity contribution in [3.8, 4) is 11.5 Å². The molecule has 3 aromatic carbocycles. The second kappa shape index (κ2) is 10.0. The summed E-state index contributed by atoms with van der Waals surface area (Å²) in [5, 5.41) is 4.53. The molecule has 0 atom stereocenters. The van der Waals surface area contributed by atoms with E-state index in [1.54, 1.807) is 43.5 Å². The van der Waals surface area contributed by atoms with Gasteiger partial charge in [-0.05, 0) is 48.7 Å². The number of nitrogens with zero attached hydrogens (tertiary/aromatic N) is 2. The highest BCUT2D eigenvalue weighted by molar-refractivity contribution is 5.82. The summed E-state index contributed by atoms with van der Waals surface area (Å²) in [7, 11) is 1.56. The molecule has 0 radical (unpaired) electrons. The van der Waals surface area contributed by atoms with Crippen LogP contribution in [-0.4, -0.2) is 23.0 Å². The Labute approximate surface area is 196 Å². The number of fused-ring (bicyclic) bond motifs is 1. The molecular weight excluding hydrogens is 430 g/mol. The van der Waals surface area contributed by atoms with Crippen molar-refractivity contribution in [2.24, 2.45) is 5.10 Å². The zero-order valence-corrected chi connectivity index (χ0v) is 19.1. The van der Waals surface area contributed by atoms with Crippen LogP contribution in [0.4, 0.5) is 0 Å². The summed E-state index contributed by atoms with van der Waals surface area (Å²) in [6.45, 7) is 6.26. The monoisotopic (exact) mass is 455 g/mol. The van der Waals surface area contributed by atoms with Crippen molar-refractivity contribution >= 4 is 17.1 Å². The molecule has 4 aromatic rings. The van der Waals surface area contributed by atoms with Crippen LogP contribution in [0.5, 0.6) is 11.5 Å². The van der Waals surface area contributed by atoms with Gasteiger partial charge in [0.15, 0.2) is 11.5 Å². The lowest BCUT2D eigenvalue weighted by Crippen LogP contribution is -2.32. The van der Waals surface area contributed by atoms with Crippen molar-refractivity contribution < 1.29 is 9.47 Å². The maximum atomic E-state index is 12.7. The molecule has 0 fully saturated rings. The van der Waals surface area contributed by atoms with Gasteiger partial charge in [0.05, 0.1) is 24.2 Å². The van der Waals surface area contributed by atoms with Gasteiger partial charge in [-0.2, -0.15) is 5.10 Å². The number of ether oxygens (including phenoxy) is 2. The smallest absolute Gasteiger partial charge is 0.349 e. The van der Waals surface area contributed by atoms with Crippen molar-refractivity contribution in [3.63, 3.8) is 0 Å². The molecule has 0 unspecified atom stereocenters. The minimum Gasteiger partial charge on any atom is -0.493 e. The molecule has 7 heteroatoms. The number of hydrogen-bond acceptors (Lipinski definition) is 5. The van der Waals surface area contributed by atoms with E-state index in [9.17, 15) is 9.59 Å². The molecule has 1 aromatic heterocycles. The Morgan fingerprint density at radius 1 is 1.09 bits per heavy atom. The molecule has 1 heterocycles. The van der Waals surface area contributed by atoms with Gasteiger partial charge in [0.2, 0.25) is 0 Å². The largest absolute Gasteiger partial charge is 0.493 e. The standard InChI is InChI=1S/C27H25N3O4/c1-4-8-21-14-20(15-24(33-3)25(21)34-17-19-10-7-9-18(2)13-19)16-28-30-26(31)22-11-5-6-12-23(22)29-27(30)32/h4-7,9-16H,1,8,17H2,2-3H3,(H,29,32). The molecule has 4 rings (SSSR count). The Kier molecular flexibility index (Phi) is 6.73. The number of rotatable bonds is 8. The SMILES string of the molecule is C=CCc1cc(C=Nn2c(=O)[nH]c3ccccc3c2=O)cc(OC)c1OCc1cccc(C)c1. The molecule has 0 saturated carbocycles. The van der Waals surface area contributed by atoms with Gasteiger partial charge in [0.1, 0.15) is 6.61 Å². The Bertz CT molecular complexity index is 1500. The molecule has 0 aliphatic carbocycles. The van der Waals surface area contributed by atoms with Crippen LogP contribution in [0.1, 0.15) is 22.3 Å². The third-order valence-electron chi connectivity index (χ3n) is 5.31. The lowest BCUT2D eigenvalue weighted by molar-refractivity contribution is 0.282. The van der Waals surface area contributed by atoms with Gasteiger partial charge >= 0.3 is 5.69 Å². The molecule has 7 nitrogen and oxygen atoms in total. The Hall–Kier alpha value is -4.39. The van der Waals surface area contributed by atoms with Gasteiger partial charge in [-0.3, -0.25) is 4.79 Å². The average Bonchev–Trinajstić information content (AvgIpc) is 2.83. The van der Waals surface area contributed by atoms with E-state index >= 15 is 0 Å². The molecule has 0 aliphatic rings. The second-order valence-electron chi connectivity index (χ2n) is 7.82. The fourth-order valence-corrected chi connectivity index (χ4v) is 3.72. The zero-order chi connectivity index (χ0) is 24.1. The number of nitrogens with one attached hydrogen (secondary N) is 1. The van der Waals surface area contributed by atoms with Crippen LogP contribution in [0, 0.1) is 6.92 Å². The highest BCUT2D eigenvalue weighted by Gasteiger charge is 2.13. The quantitative estimate of drug-likeness (QED) is 0.319. The van der Waals surface area contributed by atoms with Crippen LogP contribution in [0.25, 0.3) is 10.9 Å². The number of aromatic nitrogens is 2. The Morgan fingerprint density at radius 2 is 1.91 bits per heavy atom. The van der Waals surface area contributed by atoms with Crippen LogP contribution >= 0.6 is 0 Å². The summed E-state index contributed by atoms with van der Waals surface area (Å²) in [5.41, 5.74) is 3.06. The van der Waals surface area contributed by atoms with Crippen LogP contribution in [-0.2, 0) is 13.0 Å². The topological polar surface area (TPSA) is 85.7 Å². The van der Waals surface area contributed by atoms with Gasteiger partial charge in [-0.25, -0.2) is 4.79 Å². The third-order valence-corrected chi connectivity index (χ3v) is 5.31. The summed E-state index contributed by atoms with van der Waals surface area (Å²) < 4.78 is 12.5. The van der Waals surface area contributed by atoms with Gasteiger partial charge in [-0.1, -0.05) is 48.0 Å². The number of allylic oxidation sites excluding steroid dienone is 1. The number of hydrogen-bond donors (Lipinski definition) is 1. The average molecular weight is 456 g/mol. The predicted octanol–water partition coefficient (Wildman–Crippen LogP) is 4.20. The van der Waals surface area contributed by atoms with E-state index in [0.29, 0.717) is 41.0 Å². The van der Waals surface area contributed by atoms with E-state index in [1.165, 1.54) is 6.21 Å². The number of methoxy groups -OCH3 is 1. The lowest BCUT2D eigenvalue weighted by atomic mass is 10.1.